The summed E-state index contributed by atoms with van der Waals surface area (Å²) in [4.78, 5) is 20.0. The van der Waals surface area contributed by atoms with Crippen LogP contribution in [0.4, 0.5) is 5.69 Å². The number of nitrogens with one attached hydrogen (secondary N) is 1. The van der Waals surface area contributed by atoms with Gasteiger partial charge in [0.05, 0.1) is 12.9 Å². The summed E-state index contributed by atoms with van der Waals surface area (Å²) in [5.74, 6) is 0.426. The lowest BCUT2D eigenvalue weighted by atomic mass is 10.2. The molecule has 122 valence electrons. The summed E-state index contributed by atoms with van der Waals surface area (Å²) in [5.41, 5.74) is 1.09. The van der Waals surface area contributed by atoms with Gasteiger partial charge in [-0.1, -0.05) is 17.7 Å². The molecule has 0 saturated heterocycles. The molecular weight excluding hydrogens is 328 g/mol. The molecule has 0 fully saturated rings. The quantitative estimate of drug-likeness (QED) is 0.698. The normalized spacial score (nSPS) is 10.4. The molecule has 0 unspecified atom stereocenters. The second-order valence-corrected chi connectivity index (χ2v) is 5.39. The minimum absolute atomic E-state index is 0.255. The summed E-state index contributed by atoms with van der Waals surface area (Å²) in [6.07, 6.45) is 6.83. The van der Waals surface area contributed by atoms with E-state index in [1.54, 1.807) is 30.7 Å². The van der Waals surface area contributed by atoms with E-state index in [9.17, 15) is 4.79 Å². The van der Waals surface area contributed by atoms with Crippen molar-refractivity contribution in [2.45, 2.75) is 6.54 Å². The predicted octanol–water partition coefficient (Wildman–Crippen LogP) is 3.26. The van der Waals surface area contributed by atoms with Crippen molar-refractivity contribution < 1.29 is 9.53 Å². The molecule has 0 radical (unpaired) electrons. The number of amides is 1. The maximum Gasteiger partial charge on any atom is 0.255 e. The van der Waals surface area contributed by atoms with Gasteiger partial charge >= 0.3 is 0 Å². The number of halogens is 1. The Labute approximate surface area is 144 Å². The van der Waals surface area contributed by atoms with Crippen molar-refractivity contribution >= 4 is 23.2 Å². The van der Waals surface area contributed by atoms with Gasteiger partial charge in [-0.2, -0.15) is 0 Å². The van der Waals surface area contributed by atoms with E-state index in [0.717, 1.165) is 0 Å². The summed E-state index contributed by atoms with van der Waals surface area (Å²) in [7, 11) is 0. The maximum absolute atomic E-state index is 12.2. The van der Waals surface area contributed by atoms with E-state index in [0.29, 0.717) is 30.2 Å². The van der Waals surface area contributed by atoms with E-state index >= 15 is 0 Å². The van der Waals surface area contributed by atoms with E-state index in [-0.39, 0.29) is 11.1 Å². The Morgan fingerprint density at radius 1 is 1.25 bits per heavy atom. The highest BCUT2D eigenvalue weighted by atomic mass is 35.5. The number of benzene rings is 1. The number of nitrogens with zero attached hydrogens (tertiary/aromatic N) is 3. The van der Waals surface area contributed by atoms with Crippen LogP contribution in [0.1, 0.15) is 10.4 Å². The van der Waals surface area contributed by atoms with Crippen LogP contribution in [0.25, 0.3) is 0 Å². The Balaban J connectivity index is 1.59. The predicted molar refractivity (Wildman–Crippen MR) is 91.4 cm³/mol. The lowest BCUT2D eigenvalue weighted by Gasteiger charge is -2.09. The Morgan fingerprint density at radius 2 is 2.17 bits per heavy atom. The molecule has 6 nitrogen and oxygen atoms in total. The monoisotopic (exact) mass is 342 g/mol. The molecule has 24 heavy (non-hydrogen) atoms. The largest absolute Gasteiger partial charge is 0.492 e. The SMILES string of the molecule is O=C(Nc1cccc(OCCn2ccnc2)c1)c1ccnc(Cl)c1. The number of ether oxygens (including phenoxy) is 1. The molecule has 0 atom stereocenters. The number of pyridine rings is 1. The lowest BCUT2D eigenvalue weighted by Crippen LogP contribution is -2.12. The van der Waals surface area contributed by atoms with Crippen molar-refractivity contribution in [1.29, 1.82) is 0 Å². The Kier molecular flexibility index (Phi) is 5.08. The lowest BCUT2D eigenvalue weighted by molar-refractivity contribution is 0.102. The van der Waals surface area contributed by atoms with Crippen LogP contribution < -0.4 is 10.1 Å². The fraction of sp³-hybridized carbons (Fsp3) is 0.118. The molecule has 0 aliphatic rings. The van der Waals surface area contributed by atoms with Crippen molar-refractivity contribution in [3.8, 4) is 5.75 Å². The zero-order chi connectivity index (χ0) is 16.8. The third-order valence-electron chi connectivity index (χ3n) is 3.26. The molecule has 0 aliphatic heterocycles. The molecule has 0 aliphatic carbocycles. The topological polar surface area (TPSA) is 69.0 Å². The van der Waals surface area contributed by atoms with Crippen molar-refractivity contribution in [1.82, 2.24) is 14.5 Å². The van der Waals surface area contributed by atoms with E-state index in [1.807, 2.05) is 22.9 Å². The Morgan fingerprint density at radius 3 is 2.96 bits per heavy atom. The highest BCUT2D eigenvalue weighted by Crippen LogP contribution is 2.18. The first-order chi connectivity index (χ1) is 11.7. The molecule has 1 amide bonds. The van der Waals surface area contributed by atoms with E-state index < -0.39 is 0 Å². The zero-order valence-electron chi connectivity index (χ0n) is 12.7. The summed E-state index contributed by atoms with van der Waals surface area (Å²) >= 11 is 5.80. The molecule has 2 aromatic heterocycles. The molecular formula is C17H15ClN4O2. The van der Waals surface area contributed by atoms with Crippen LogP contribution in [0.2, 0.25) is 5.15 Å². The summed E-state index contributed by atoms with van der Waals surface area (Å²) in [6, 6.07) is 10.3. The first-order valence-electron chi connectivity index (χ1n) is 7.32. The Hall–Kier alpha value is -2.86. The summed E-state index contributed by atoms with van der Waals surface area (Å²) in [6.45, 7) is 1.21. The van der Waals surface area contributed by atoms with Crippen LogP contribution in [-0.2, 0) is 6.54 Å². The van der Waals surface area contributed by atoms with Crippen LogP contribution in [-0.4, -0.2) is 27.0 Å². The molecule has 3 rings (SSSR count). The standard InChI is InChI=1S/C17H15ClN4O2/c18-16-10-13(4-5-20-16)17(23)21-14-2-1-3-15(11-14)24-9-8-22-7-6-19-12-22/h1-7,10-12H,8-9H2,(H,21,23). The van der Waals surface area contributed by atoms with Gasteiger partial charge < -0.3 is 14.6 Å². The second kappa shape index (κ2) is 7.61. The van der Waals surface area contributed by atoms with E-state index in [4.69, 9.17) is 16.3 Å². The van der Waals surface area contributed by atoms with Crippen LogP contribution in [0.15, 0.2) is 61.3 Å². The highest BCUT2D eigenvalue weighted by Gasteiger charge is 2.07. The zero-order valence-corrected chi connectivity index (χ0v) is 13.5. The summed E-state index contributed by atoms with van der Waals surface area (Å²) < 4.78 is 7.62. The highest BCUT2D eigenvalue weighted by molar-refractivity contribution is 6.29. The van der Waals surface area contributed by atoms with Gasteiger partial charge in [0.2, 0.25) is 0 Å². The first-order valence-corrected chi connectivity index (χ1v) is 7.70. The van der Waals surface area contributed by atoms with Crippen molar-refractivity contribution in [3.05, 3.63) is 72.0 Å². The summed E-state index contributed by atoms with van der Waals surface area (Å²) in [5, 5.41) is 3.09. The third kappa shape index (κ3) is 4.33. The molecule has 2 heterocycles. The van der Waals surface area contributed by atoms with E-state index in [1.165, 1.54) is 12.3 Å². The number of imidazole rings is 1. The average molecular weight is 343 g/mol. The van der Waals surface area contributed by atoms with Crippen molar-refractivity contribution in [3.63, 3.8) is 0 Å². The third-order valence-corrected chi connectivity index (χ3v) is 3.46. The van der Waals surface area contributed by atoms with Gasteiger partial charge in [0, 0.05) is 35.9 Å². The molecule has 0 spiro atoms. The van der Waals surface area contributed by atoms with Gasteiger partial charge in [-0.25, -0.2) is 9.97 Å². The number of carbonyl (C=O) groups is 1. The molecule has 0 saturated carbocycles. The average Bonchev–Trinajstić information content (AvgIpc) is 3.09. The van der Waals surface area contributed by atoms with Gasteiger partial charge in [-0.3, -0.25) is 4.79 Å². The number of hydrogen-bond donors (Lipinski definition) is 1. The fourth-order valence-electron chi connectivity index (χ4n) is 2.10. The van der Waals surface area contributed by atoms with Gasteiger partial charge in [-0.15, -0.1) is 0 Å². The molecule has 0 bridgehead atoms. The van der Waals surface area contributed by atoms with Gasteiger partial charge in [0.15, 0.2) is 0 Å². The number of aromatic nitrogens is 3. The second-order valence-electron chi connectivity index (χ2n) is 5.00. The number of hydrogen-bond acceptors (Lipinski definition) is 4. The number of anilines is 1. The number of rotatable bonds is 6. The Bertz CT molecular complexity index is 821. The molecule has 1 N–H and O–H groups in total. The van der Waals surface area contributed by atoms with Crippen LogP contribution in [0.5, 0.6) is 5.75 Å². The molecule has 7 heteroatoms. The van der Waals surface area contributed by atoms with Crippen molar-refractivity contribution in [2.75, 3.05) is 11.9 Å². The van der Waals surface area contributed by atoms with Crippen LogP contribution >= 0.6 is 11.6 Å². The smallest absolute Gasteiger partial charge is 0.255 e. The maximum atomic E-state index is 12.2. The molecule has 1 aromatic carbocycles. The number of carbonyl (C=O) groups excluding carboxylic acids is 1. The molecule has 3 aromatic rings. The van der Waals surface area contributed by atoms with Gasteiger partial charge in [-0.05, 0) is 24.3 Å². The minimum Gasteiger partial charge on any atom is -0.492 e. The van der Waals surface area contributed by atoms with Crippen LogP contribution in [0.3, 0.4) is 0 Å². The van der Waals surface area contributed by atoms with Crippen molar-refractivity contribution in [2.24, 2.45) is 0 Å². The van der Waals surface area contributed by atoms with E-state index in [2.05, 4.69) is 15.3 Å². The van der Waals surface area contributed by atoms with Gasteiger partial charge in [0.1, 0.15) is 17.5 Å². The fourth-order valence-corrected chi connectivity index (χ4v) is 2.27. The van der Waals surface area contributed by atoms with Crippen LogP contribution in [0, 0.1) is 0 Å². The first kappa shape index (κ1) is 16.0. The minimum atomic E-state index is -0.255. The van der Waals surface area contributed by atoms with Gasteiger partial charge in [0.25, 0.3) is 5.91 Å².